The molecule has 1 N–H and O–H groups in total. The lowest BCUT2D eigenvalue weighted by atomic mass is 10.00. The van der Waals surface area contributed by atoms with E-state index in [1.54, 1.807) is 42.0 Å². The van der Waals surface area contributed by atoms with E-state index in [2.05, 4.69) is 29.5 Å². The van der Waals surface area contributed by atoms with Crippen LogP contribution < -0.4 is 19.7 Å². The van der Waals surface area contributed by atoms with Gasteiger partial charge in [0.25, 0.3) is 0 Å². The van der Waals surface area contributed by atoms with Gasteiger partial charge in [-0.2, -0.15) is 0 Å². The number of nitrogens with zero attached hydrogens (tertiary/aromatic N) is 4. The highest BCUT2D eigenvalue weighted by atomic mass is 16.5. The number of aryl methyl sites for hydroxylation is 2. The molecule has 3 aromatic carbocycles. The first-order valence-corrected chi connectivity index (χ1v) is 13.4. The second kappa shape index (κ2) is 12.6. The molecule has 0 radical (unpaired) electrons. The van der Waals surface area contributed by atoms with Gasteiger partial charge >= 0.3 is 0 Å². The summed E-state index contributed by atoms with van der Waals surface area (Å²) < 4.78 is 12.6. The van der Waals surface area contributed by atoms with Crippen LogP contribution in [0.5, 0.6) is 11.5 Å². The van der Waals surface area contributed by atoms with Crippen molar-refractivity contribution in [2.45, 2.75) is 46.7 Å². The molecule has 0 saturated heterocycles. The Balaban J connectivity index is 1.85. The first-order valence-electron chi connectivity index (χ1n) is 13.4. The van der Waals surface area contributed by atoms with Crippen LogP contribution in [0, 0.1) is 19.8 Å². The zero-order chi connectivity index (χ0) is 28.8. The highest BCUT2D eigenvalue weighted by Gasteiger charge is 2.34. The molecule has 1 atom stereocenters. The van der Waals surface area contributed by atoms with Gasteiger partial charge in [-0.1, -0.05) is 49.4 Å². The quantitative estimate of drug-likeness (QED) is 0.286. The fraction of sp³-hybridized carbons (Fsp3) is 0.355. The zero-order valence-electron chi connectivity index (χ0n) is 24.0. The normalized spacial score (nSPS) is 11.9. The Labute approximate surface area is 235 Å². The van der Waals surface area contributed by atoms with E-state index in [-0.39, 0.29) is 18.4 Å². The summed E-state index contributed by atoms with van der Waals surface area (Å²) in [5.41, 5.74) is 4.50. The van der Waals surface area contributed by atoms with Crippen molar-refractivity contribution in [1.29, 1.82) is 0 Å². The number of para-hydroxylation sites is 1. The number of amides is 2. The molecule has 0 aliphatic carbocycles. The van der Waals surface area contributed by atoms with Crippen LogP contribution >= 0.6 is 0 Å². The molecule has 0 spiro atoms. The second-order valence-corrected chi connectivity index (χ2v) is 10.3. The lowest BCUT2D eigenvalue weighted by molar-refractivity contribution is -0.127. The van der Waals surface area contributed by atoms with Crippen molar-refractivity contribution < 1.29 is 19.1 Å². The number of benzene rings is 3. The van der Waals surface area contributed by atoms with Gasteiger partial charge in [-0.3, -0.25) is 14.5 Å². The molecule has 40 heavy (non-hydrogen) atoms. The fourth-order valence-corrected chi connectivity index (χ4v) is 4.66. The molecule has 9 nitrogen and oxygen atoms in total. The van der Waals surface area contributed by atoms with Crippen LogP contribution in [0.25, 0.3) is 11.0 Å². The van der Waals surface area contributed by atoms with Gasteiger partial charge in [-0.25, -0.2) is 4.68 Å². The third-order valence-corrected chi connectivity index (χ3v) is 6.85. The van der Waals surface area contributed by atoms with Crippen molar-refractivity contribution >= 4 is 28.5 Å². The number of carbonyl (C=O) groups excluding carboxylic acids is 2. The van der Waals surface area contributed by atoms with E-state index >= 15 is 0 Å². The monoisotopic (exact) mass is 543 g/mol. The number of nitrogens with one attached hydrogen (secondary N) is 1. The maximum Gasteiger partial charge on any atom is 0.249 e. The second-order valence-electron chi connectivity index (χ2n) is 10.3. The number of hydrogen-bond donors (Lipinski definition) is 1. The summed E-state index contributed by atoms with van der Waals surface area (Å²) in [5.74, 6) is 0.824. The van der Waals surface area contributed by atoms with Crippen molar-refractivity contribution in [3.63, 3.8) is 0 Å². The first kappa shape index (κ1) is 28.6. The Bertz CT molecular complexity index is 1500. The molecule has 210 valence electrons. The van der Waals surface area contributed by atoms with Crippen LogP contribution in [0.15, 0.2) is 60.7 Å². The van der Waals surface area contributed by atoms with Gasteiger partial charge in [0.05, 0.1) is 19.7 Å². The molecule has 0 bridgehead atoms. The maximum atomic E-state index is 14.3. The lowest BCUT2D eigenvalue weighted by Crippen LogP contribution is -2.46. The average molecular weight is 544 g/mol. The van der Waals surface area contributed by atoms with Crippen LogP contribution in [-0.2, 0) is 16.1 Å². The number of anilines is 1. The topological polar surface area (TPSA) is 98.6 Å². The molecule has 1 unspecified atom stereocenters. The number of rotatable bonds is 11. The molecule has 9 heteroatoms. The van der Waals surface area contributed by atoms with Crippen molar-refractivity contribution in [1.82, 2.24) is 20.3 Å². The summed E-state index contributed by atoms with van der Waals surface area (Å²) >= 11 is 0. The van der Waals surface area contributed by atoms with E-state index < -0.39 is 6.04 Å². The smallest absolute Gasteiger partial charge is 0.249 e. The van der Waals surface area contributed by atoms with Gasteiger partial charge in [0.1, 0.15) is 18.1 Å². The molecule has 4 aromatic rings. The minimum absolute atomic E-state index is 0.100. The Morgan fingerprint density at radius 1 is 0.975 bits per heavy atom. The van der Waals surface area contributed by atoms with Gasteiger partial charge in [-0.15, -0.1) is 5.10 Å². The minimum Gasteiger partial charge on any atom is -0.493 e. The molecule has 0 aliphatic rings. The number of methoxy groups -OCH3 is 2. The summed E-state index contributed by atoms with van der Waals surface area (Å²) in [5, 5.41) is 11.5. The summed E-state index contributed by atoms with van der Waals surface area (Å²) in [4.78, 5) is 29.9. The van der Waals surface area contributed by atoms with Crippen molar-refractivity contribution in [2.75, 3.05) is 25.7 Å². The van der Waals surface area contributed by atoms with E-state index in [4.69, 9.17) is 9.47 Å². The molecule has 0 saturated carbocycles. The Kier molecular flexibility index (Phi) is 9.04. The van der Waals surface area contributed by atoms with E-state index in [1.165, 1.54) is 0 Å². The van der Waals surface area contributed by atoms with Gasteiger partial charge in [0, 0.05) is 12.2 Å². The summed E-state index contributed by atoms with van der Waals surface area (Å²) in [6.45, 7) is 8.49. The number of aromatic nitrogens is 3. The van der Waals surface area contributed by atoms with Crippen LogP contribution in [0.1, 0.15) is 43.0 Å². The average Bonchev–Trinajstić information content (AvgIpc) is 3.35. The Morgan fingerprint density at radius 2 is 1.73 bits per heavy atom. The third-order valence-electron chi connectivity index (χ3n) is 6.85. The Hall–Kier alpha value is -4.40. The van der Waals surface area contributed by atoms with E-state index in [9.17, 15) is 9.59 Å². The SMILES string of the molecule is COc1ccc(C(C(=O)NCCC(C)C)N(C(=O)Cn2nnc3ccccc32)c2cc(C)ccc2C)cc1OC. The molecule has 0 fully saturated rings. The molecular weight excluding hydrogens is 506 g/mol. The van der Waals surface area contributed by atoms with Gasteiger partial charge in [0.2, 0.25) is 11.8 Å². The van der Waals surface area contributed by atoms with Crippen LogP contribution in [0.2, 0.25) is 0 Å². The van der Waals surface area contributed by atoms with E-state index in [0.717, 1.165) is 23.1 Å². The summed E-state index contributed by atoms with van der Waals surface area (Å²) in [7, 11) is 3.10. The third kappa shape index (κ3) is 6.25. The minimum atomic E-state index is -0.977. The van der Waals surface area contributed by atoms with Crippen LogP contribution in [-0.4, -0.2) is 47.6 Å². The van der Waals surface area contributed by atoms with Crippen LogP contribution in [0.3, 0.4) is 0 Å². The maximum absolute atomic E-state index is 14.3. The zero-order valence-corrected chi connectivity index (χ0v) is 24.0. The Morgan fingerprint density at radius 3 is 2.45 bits per heavy atom. The predicted octanol–water partition coefficient (Wildman–Crippen LogP) is 5.00. The van der Waals surface area contributed by atoms with Crippen molar-refractivity contribution in [3.05, 3.63) is 77.4 Å². The molecule has 2 amide bonds. The predicted molar refractivity (Wildman–Crippen MR) is 156 cm³/mol. The van der Waals surface area contributed by atoms with Gasteiger partial charge in [0.15, 0.2) is 11.5 Å². The van der Waals surface area contributed by atoms with Crippen LogP contribution in [0.4, 0.5) is 5.69 Å². The molecule has 4 rings (SSSR count). The highest BCUT2D eigenvalue weighted by molar-refractivity contribution is 6.02. The lowest BCUT2D eigenvalue weighted by Gasteiger charge is -2.33. The summed E-state index contributed by atoms with van der Waals surface area (Å²) in [6.07, 6.45) is 0.812. The molecule has 1 aromatic heterocycles. The number of hydrogen-bond acceptors (Lipinski definition) is 6. The standard InChI is InChI=1S/C31H37N5O4/c1-20(2)15-16-32-31(38)30(23-13-14-27(39-5)28(18-23)40-6)36(26-17-21(3)11-12-22(26)4)29(37)19-35-25-10-8-7-9-24(25)33-34-35/h7-14,17-18,20,30H,15-16,19H2,1-6H3,(H,32,38). The molecule has 1 heterocycles. The number of carbonyl (C=O) groups is 2. The molecule has 0 aliphatic heterocycles. The van der Waals surface area contributed by atoms with Gasteiger partial charge < -0.3 is 14.8 Å². The van der Waals surface area contributed by atoms with E-state index in [0.29, 0.717) is 40.7 Å². The summed E-state index contributed by atoms with van der Waals surface area (Å²) in [6, 6.07) is 17.7. The van der Waals surface area contributed by atoms with Crippen molar-refractivity contribution in [2.24, 2.45) is 5.92 Å². The number of fused-ring (bicyclic) bond motifs is 1. The van der Waals surface area contributed by atoms with E-state index in [1.807, 2.05) is 56.3 Å². The molecular formula is C31H37N5O4. The van der Waals surface area contributed by atoms with Crippen molar-refractivity contribution in [3.8, 4) is 11.5 Å². The van der Waals surface area contributed by atoms with Gasteiger partial charge in [-0.05, 0) is 73.2 Å². The fourth-order valence-electron chi connectivity index (χ4n) is 4.66. The number of ether oxygens (including phenoxy) is 2. The highest BCUT2D eigenvalue weighted by Crippen LogP contribution is 2.36. The largest absolute Gasteiger partial charge is 0.493 e. The first-order chi connectivity index (χ1) is 19.2.